The zero-order chi connectivity index (χ0) is 15.6. The van der Waals surface area contributed by atoms with E-state index in [1.165, 1.54) is 6.26 Å². The molecule has 21 heavy (non-hydrogen) atoms. The second kappa shape index (κ2) is 6.36. The molecule has 1 fully saturated rings. The Kier molecular flexibility index (Phi) is 4.93. The molecule has 0 saturated carbocycles. The van der Waals surface area contributed by atoms with Crippen molar-refractivity contribution in [1.29, 1.82) is 0 Å². The van der Waals surface area contributed by atoms with Gasteiger partial charge in [-0.15, -0.1) is 0 Å². The standard InChI is InChI=1S/C13H20ClN3O3S/c1-3-17-8-11(14)12(15-17)13(18)16-6-4-5-10(7-16)9-21(2,19)20/h8,10H,3-7,9H2,1-2H3/t10-/m1/s1. The van der Waals surface area contributed by atoms with Crippen LogP contribution in [0.15, 0.2) is 6.20 Å². The third-order valence-corrected chi connectivity index (χ3v) is 4.94. The first-order valence-corrected chi connectivity index (χ1v) is 9.44. The van der Waals surface area contributed by atoms with Crippen molar-refractivity contribution >= 4 is 27.3 Å². The van der Waals surface area contributed by atoms with Crippen LogP contribution in [-0.2, 0) is 16.4 Å². The van der Waals surface area contributed by atoms with Gasteiger partial charge in [0.15, 0.2) is 5.69 Å². The first-order valence-electron chi connectivity index (χ1n) is 7.00. The number of likely N-dealkylation sites (tertiary alicyclic amines) is 1. The van der Waals surface area contributed by atoms with E-state index in [1.807, 2.05) is 6.92 Å². The van der Waals surface area contributed by atoms with Gasteiger partial charge in [-0.2, -0.15) is 5.10 Å². The summed E-state index contributed by atoms with van der Waals surface area (Å²) < 4.78 is 24.4. The topological polar surface area (TPSA) is 72.3 Å². The highest BCUT2D eigenvalue weighted by molar-refractivity contribution is 7.90. The first-order chi connectivity index (χ1) is 9.80. The van der Waals surface area contributed by atoms with Gasteiger partial charge in [0.25, 0.3) is 5.91 Å². The summed E-state index contributed by atoms with van der Waals surface area (Å²) in [5, 5.41) is 4.52. The highest BCUT2D eigenvalue weighted by atomic mass is 35.5. The summed E-state index contributed by atoms with van der Waals surface area (Å²) in [5.74, 6) is -0.108. The summed E-state index contributed by atoms with van der Waals surface area (Å²) >= 11 is 6.05. The Hall–Kier alpha value is -1.08. The molecular weight excluding hydrogens is 314 g/mol. The van der Waals surface area contributed by atoms with E-state index in [-0.39, 0.29) is 23.3 Å². The van der Waals surface area contributed by atoms with Gasteiger partial charge in [0, 0.05) is 32.1 Å². The van der Waals surface area contributed by atoms with Gasteiger partial charge in [-0.3, -0.25) is 9.48 Å². The van der Waals surface area contributed by atoms with E-state index in [9.17, 15) is 13.2 Å². The second-order valence-corrected chi connectivity index (χ2v) is 8.13. The third kappa shape index (κ3) is 4.20. The molecule has 6 nitrogen and oxygen atoms in total. The zero-order valence-electron chi connectivity index (χ0n) is 12.2. The quantitative estimate of drug-likeness (QED) is 0.836. The van der Waals surface area contributed by atoms with Crippen LogP contribution in [0.5, 0.6) is 0 Å². The minimum atomic E-state index is -3.03. The number of aromatic nitrogens is 2. The number of halogens is 1. The largest absolute Gasteiger partial charge is 0.337 e. The Labute approximate surface area is 130 Å². The van der Waals surface area contributed by atoms with Crippen LogP contribution in [0.1, 0.15) is 30.3 Å². The van der Waals surface area contributed by atoms with Gasteiger partial charge in [0.2, 0.25) is 0 Å². The molecule has 1 aromatic rings. The third-order valence-electron chi connectivity index (χ3n) is 3.59. The van der Waals surface area contributed by atoms with E-state index in [0.717, 1.165) is 12.8 Å². The summed E-state index contributed by atoms with van der Waals surface area (Å²) in [6.07, 6.45) is 4.49. The molecule has 0 unspecified atom stereocenters. The molecule has 0 bridgehead atoms. The molecule has 0 N–H and O–H groups in total. The fourth-order valence-corrected chi connectivity index (χ4v) is 4.03. The van der Waals surface area contributed by atoms with E-state index in [4.69, 9.17) is 11.6 Å². The lowest BCUT2D eigenvalue weighted by Gasteiger charge is -2.32. The number of piperidine rings is 1. The predicted octanol–water partition coefficient (Wildman–Crippen LogP) is 1.45. The van der Waals surface area contributed by atoms with Crippen LogP contribution in [0.3, 0.4) is 0 Å². The SMILES string of the molecule is CCn1cc(Cl)c(C(=O)N2CCC[C@@H](CS(C)(=O)=O)C2)n1. The molecule has 1 aliphatic heterocycles. The molecule has 0 aliphatic carbocycles. The van der Waals surface area contributed by atoms with Crippen molar-refractivity contribution in [2.45, 2.75) is 26.3 Å². The van der Waals surface area contributed by atoms with Crippen molar-refractivity contribution in [1.82, 2.24) is 14.7 Å². The first kappa shape index (κ1) is 16.3. The van der Waals surface area contributed by atoms with Gasteiger partial charge >= 0.3 is 0 Å². The van der Waals surface area contributed by atoms with Crippen molar-refractivity contribution in [3.63, 3.8) is 0 Å². The maximum Gasteiger partial charge on any atom is 0.275 e. The molecule has 118 valence electrons. The maximum atomic E-state index is 12.5. The van der Waals surface area contributed by atoms with Crippen LogP contribution < -0.4 is 0 Å². The van der Waals surface area contributed by atoms with Crippen LogP contribution in [0.2, 0.25) is 5.02 Å². The molecule has 8 heteroatoms. The summed E-state index contributed by atoms with van der Waals surface area (Å²) in [4.78, 5) is 14.1. The summed E-state index contributed by atoms with van der Waals surface area (Å²) in [5.41, 5.74) is 0.249. The molecule has 1 saturated heterocycles. The van der Waals surface area contributed by atoms with Gasteiger partial charge in [0.1, 0.15) is 9.84 Å². The number of nitrogens with zero attached hydrogens (tertiary/aromatic N) is 3. The van der Waals surface area contributed by atoms with Crippen LogP contribution in [0.25, 0.3) is 0 Å². The summed E-state index contributed by atoms with van der Waals surface area (Å²) in [7, 11) is -3.03. The monoisotopic (exact) mass is 333 g/mol. The van der Waals surface area contributed by atoms with Crippen LogP contribution in [-0.4, -0.2) is 54.1 Å². The minimum absolute atomic E-state index is 0.00950. The normalized spacial score (nSPS) is 19.8. The number of hydrogen-bond acceptors (Lipinski definition) is 4. The molecule has 0 radical (unpaired) electrons. The Balaban J connectivity index is 2.10. The molecule has 1 atom stereocenters. The van der Waals surface area contributed by atoms with Crippen molar-refractivity contribution < 1.29 is 13.2 Å². The Morgan fingerprint density at radius 3 is 2.81 bits per heavy atom. The highest BCUT2D eigenvalue weighted by Crippen LogP contribution is 2.22. The number of sulfone groups is 1. The molecule has 0 spiro atoms. The molecule has 0 aromatic carbocycles. The average Bonchev–Trinajstić information content (AvgIpc) is 2.77. The van der Waals surface area contributed by atoms with Gasteiger partial charge in [-0.1, -0.05) is 11.6 Å². The molecule has 1 aliphatic rings. The number of aryl methyl sites for hydroxylation is 1. The predicted molar refractivity (Wildman–Crippen MR) is 81.2 cm³/mol. The van der Waals surface area contributed by atoms with Crippen LogP contribution >= 0.6 is 11.6 Å². The Morgan fingerprint density at radius 1 is 1.52 bits per heavy atom. The van der Waals surface area contributed by atoms with Crippen molar-refractivity contribution in [3.8, 4) is 0 Å². The maximum absolute atomic E-state index is 12.5. The molecule has 2 heterocycles. The van der Waals surface area contributed by atoms with Gasteiger partial charge in [-0.25, -0.2) is 8.42 Å². The summed E-state index contributed by atoms with van der Waals surface area (Å²) in [6, 6.07) is 0. The number of amides is 1. The van der Waals surface area contributed by atoms with Crippen LogP contribution in [0, 0.1) is 5.92 Å². The lowest BCUT2D eigenvalue weighted by Crippen LogP contribution is -2.42. The van der Waals surface area contributed by atoms with Crippen molar-refractivity contribution in [3.05, 3.63) is 16.9 Å². The average molecular weight is 334 g/mol. The number of rotatable bonds is 4. The van der Waals surface area contributed by atoms with E-state index >= 15 is 0 Å². The molecule has 2 rings (SSSR count). The lowest BCUT2D eigenvalue weighted by molar-refractivity contribution is 0.0677. The Bertz CT molecular complexity index is 627. The minimum Gasteiger partial charge on any atom is -0.337 e. The molecule has 1 aromatic heterocycles. The van der Waals surface area contributed by atoms with Gasteiger partial charge < -0.3 is 4.90 Å². The fourth-order valence-electron chi connectivity index (χ4n) is 2.67. The summed E-state index contributed by atoms with van der Waals surface area (Å²) in [6.45, 7) is 3.62. The van der Waals surface area contributed by atoms with Gasteiger partial charge in [0.05, 0.1) is 10.8 Å². The Morgan fingerprint density at radius 2 is 2.24 bits per heavy atom. The van der Waals surface area contributed by atoms with Gasteiger partial charge in [-0.05, 0) is 25.7 Å². The zero-order valence-corrected chi connectivity index (χ0v) is 13.8. The van der Waals surface area contributed by atoms with Crippen molar-refractivity contribution in [2.24, 2.45) is 5.92 Å². The van der Waals surface area contributed by atoms with Crippen LogP contribution in [0.4, 0.5) is 0 Å². The number of carbonyl (C=O) groups excluding carboxylic acids is 1. The van der Waals surface area contributed by atoms with E-state index in [0.29, 0.717) is 24.7 Å². The highest BCUT2D eigenvalue weighted by Gasteiger charge is 2.29. The van der Waals surface area contributed by atoms with E-state index < -0.39 is 9.84 Å². The molecular formula is C13H20ClN3O3S. The smallest absolute Gasteiger partial charge is 0.275 e. The molecule has 1 amide bonds. The second-order valence-electron chi connectivity index (χ2n) is 5.53. The van der Waals surface area contributed by atoms with Crippen molar-refractivity contribution in [2.75, 3.05) is 25.1 Å². The van der Waals surface area contributed by atoms with E-state index in [2.05, 4.69) is 5.10 Å². The number of hydrogen-bond donors (Lipinski definition) is 0. The van der Waals surface area contributed by atoms with E-state index in [1.54, 1.807) is 15.8 Å². The fraction of sp³-hybridized carbons (Fsp3) is 0.692. The lowest BCUT2D eigenvalue weighted by atomic mass is 10.00. The number of carbonyl (C=O) groups is 1.